The lowest BCUT2D eigenvalue weighted by molar-refractivity contribution is -0.116. The molecule has 0 unspecified atom stereocenters. The van der Waals surface area contributed by atoms with Crippen molar-refractivity contribution < 1.29 is 9.21 Å². The number of fused-ring (bicyclic) bond motifs is 1. The van der Waals surface area contributed by atoms with Crippen molar-refractivity contribution in [2.24, 2.45) is 0 Å². The summed E-state index contributed by atoms with van der Waals surface area (Å²) in [6.45, 7) is 8.32. The summed E-state index contributed by atoms with van der Waals surface area (Å²) < 4.78 is 6.56. The molecule has 0 atom stereocenters. The molecule has 0 saturated carbocycles. The van der Waals surface area contributed by atoms with Gasteiger partial charge in [0, 0.05) is 5.69 Å². The van der Waals surface area contributed by atoms with Crippen LogP contribution in [0.2, 0.25) is 0 Å². The van der Waals surface area contributed by atoms with E-state index < -0.39 is 5.76 Å². The Hall–Kier alpha value is -2.82. The van der Waals surface area contributed by atoms with E-state index in [1.165, 1.54) is 4.57 Å². The molecule has 0 fully saturated rings. The monoisotopic (exact) mass is 352 g/mol. The van der Waals surface area contributed by atoms with E-state index in [4.69, 9.17) is 4.42 Å². The summed E-state index contributed by atoms with van der Waals surface area (Å²) in [5, 5.41) is 3.03. The van der Waals surface area contributed by atoms with Crippen molar-refractivity contribution in [1.82, 2.24) is 4.57 Å². The van der Waals surface area contributed by atoms with Gasteiger partial charge in [0.15, 0.2) is 5.58 Å². The highest BCUT2D eigenvalue weighted by atomic mass is 16.4. The maximum absolute atomic E-state index is 12.7. The van der Waals surface area contributed by atoms with Crippen LogP contribution in [0.3, 0.4) is 0 Å². The molecule has 0 spiro atoms. The number of oxazole rings is 1. The fraction of sp³-hybridized carbons (Fsp3) is 0.333. The first-order valence-corrected chi connectivity index (χ1v) is 8.89. The SMILES string of the molecule is CC(C)c1cccc(C(C)C)c1NC(=O)Cn1c(=O)oc2ccccc21. The highest BCUT2D eigenvalue weighted by molar-refractivity contribution is 5.93. The van der Waals surface area contributed by atoms with E-state index in [0.717, 1.165) is 16.8 Å². The topological polar surface area (TPSA) is 64.2 Å². The van der Waals surface area contributed by atoms with E-state index in [1.807, 2.05) is 24.3 Å². The lowest BCUT2D eigenvalue weighted by Crippen LogP contribution is -2.25. The second-order valence-electron chi connectivity index (χ2n) is 7.09. The predicted octanol–water partition coefficient (Wildman–Crippen LogP) is 4.48. The molecular weight excluding hydrogens is 328 g/mol. The fourth-order valence-electron chi connectivity index (χ4n) is 3.18. The van der Waals surface area contributed by atoms with E-state index in [1.54, 1.807) is 18.2 Å². The number of carbonyl (C=O) groups excluding carboxylic acids is 1. The van der Waals surface area contributed by atoms with Crippen LogP contribution in [0.25, 0.3) is 11.1 Å². The Bertz CT molecular complexity index is 970. The fourth-order valence-corrected chi connectivity index (χ4v) is 3.18. The molecule has 26 heavy (non-hydrogen) atoms. The molecule has 5 heteroatoms. The summed E-state index contributed by atoms with van der Waals surface area (Å²) in [5.41, 5.74) is 4.14. The average molecular weight is 352 g/mol. The second kappa shape index (κ2) is 7.20. The van der Waals surface area contributed by atoms with Gasteiger partial charge in [-0.05, 0) is 35.1 Å². The van der Waals surface area contributed by atoms with Crippen LogP contribution in [0, 0.1) is 0 Å². The highest BCUT2D eigenvalue weighted by Gasteiger charge is 2.18. The summed E-state index contributed by atoms with van der Waals surface area (Å²) >= 11 is 0. The lowest BCUT2D eigenvalue weighted by atomic mass is 9.92. The smallest absolute Gasteiger partial charge is 0.408 e. The van der Waals surface area contributed by atoms with E-state index in [0.29, 0.717) is 11.1 Å². The van der Waals surface area contributed by atoms with Gasteiger partial charge in [0.2, 0.25) is 5.91 Å². The van der Waals surface area contributed by atoms with Gasteiger partial charge in [0.25, 0.3) is 0 Å². The zero-order chi connectivity index (χ0) is 18.8. The number of aromatic nitrogens is 1. The third-order valence-electron chi connectivity index (χ3n) is 4.51. The van der Waals surface area contributed by atoms with Gasteiger partial charge in [-0.1, -0.05) is 58.0 Å². The van der Waals surface area contributed by atoms with Crippen LogP contribution in [0.4, 0.5) is 5.69 Å². The minimum absolute atomic E-state index is 0.0835. The van der Waals surface area contributed by atoms with Crippen molar-refractivity contribution in [3.63, 3.8) is 0 Å². The van der Waals surface area contributed by atoms with Crippen LogP contribution in [0.5, 0.6) is 0 Å². The van der Waals surface area contributed by atoms with Gasteiger partial charge in [-0.2, -0.15) is 0 Å². The maximum Gasteiger partial charge on any atom is 0.420 e. The zero-order valence-corrected chi connectivity index (χ0v) is 15.6. The Kier molecular flexibility index (Phi) is 4.98. The molecule has 1 aromatic heterocycles. The number of nitrogens with one attached hydrogen (secondary N) is 1. The Morgan fingerprint density at radius 2 is 1.62 bits per heavy atom. The first kappa shape index (κ1) is 18.0. The van der Waals surface area contributed by atoms with Crippen LogP contribution in [-0.4, -0.2) is 10.5 Å². The van der Waals surface area contributed by atoms with E-state index in [2.05, 4.69) is 33.0 Å². The average Bonchev–Trinajstić information content (AvgIpc) is 2.90. The van der Waals surface area contributed by atoms with Crippen LogP contribution in [0.15, 0.2) is 51.7 Å². The molecule has 136 valence electrons. The summed E-state index contributed by atoms with van der Waals surface area (Å²) in [6, 6.07) is 13.2. The molecular formula is C21H24N2O3. The Morgan fingerprint density at radius 3 is 2.23 bits per heavy atom. The van der Waals surface area contributed by atoms with Crippen LogP contribution in [0.1, 0.15) is 50.7 Å². The summed E-state index contributed by atoms with van der Waals surface area (Å²) in [7, 11) is 0. The largest absolute Gasteiger partial charge is 0.420 e. The molecule has 1 heterocycles. The van der Waals surface area contributed by atoms with Crippen molar-refractivity contribution in [3.8, 4) is 0 Å². The number of hydrogen-bond donors (Lipinski definition) is 1. The number of benzene rings is 2. The minimum Gasteiger partial charge on any atom is -0.408 e. The number of para-hydroxylation sites is 3. The van der Waals surface area contributed by atoms with E-state index >= 15 is 0 Å². The van der Waals surface area contributed by atoms with E-state index in [-0.39, 0.29) is 24.3 Å². The number of rotatable bonds is 5. The summed E-state index contributed by atoms with van der Waals surface area (Å²) in [4.78, 5) is 24.8. The van der Waals surface area contributed by atoms with Gasteiger partial charge in [0.1, 0.15) is 6.54 Å². The van der Waals surface area contributed by atoms with Crippen LogP contribution >= 0.6 is 0 Å². The molecule has 0 radical (unpaired) electrons. The third kappa shape index (κ3) is 3.43. The molecule has 3 rings (SSSR count). The number of carbonyl (C=O) groups is 1. The standard InChI is InChI=1S/C21H24N2O3/c1-13(2)15-8-7-9-16(14(3)4)20(15)22-19(24)12-23-17-10-5-6-11-18(17)26-21(23)25/h5-11,13-14H,12H2,1-4H3,(H,22,24). The van der Waals surface area contributed by atoms with Crippen molar-refractivity contribution >= 4 is 22.7 Å². The molecule has 5 nitrogen and oxygen atoms in total. The van der Waals surface area contributed by atoms with Gasteiger partial charge in [-0.15, -0.1) is 0 Å². The maximum atomic E-state index is 12.7. The summed E-state index contributed by atoms with van der Waals surface area (Å²) in [6.07, 6.45) is 0. The number of amides is 1. The van der Waals surface area contributed by atoms with Crippen LogP contribution in [-0.2, 0) is 11.3 Å². The van der Waals surface area contributed by atoms with Crippen molar-refractivity contribution in [1.29, 1.82) is 0 Å². The second-order valence-corrected chi connectivity index (χ2v) is 7.09. The molecule has 3 aromatic rings. The van der Waals surface area contributed by atoms with Crippen molar-refractivity contribution in [2.45, 2.75) is 46.1 Å². The van der Waals surface area contributed by atoms with Gasteiger partial charge in [-0.3, -0.25) is 9.36 Å². The van der Waals surface area contributed by atoms with Gasteiger partial charge < -0.3 is 9.73 Å². The van der Waals surface area contributed by atoms with Gasteiger partial charge in [0.05, 0.1) is 5.52 Å². The minimum atomic E-state index is -0.525. The quantitative estimate of drug-likeness (QED) is 0.736. The predicted molar refractivity (Wildman–Crippen MR) is 104 cm³/mol. The summed E-state index contributed by atoms with van der Waals surface area (Å²) in [5.74, 6) is -0.209. The normalized spacial score (nSPS) is 11.5. The first-order valence-electron chi connectivity index (χ1n) is 8.89. The molecule has 2 aromatic carbocycles. The molecule has 0 bridgehead atoms. The molecule has 1 N–H and O–H groups in total. The van der Waals surface area contributed by atoms with Gasteiger partial charge >= 0.3 is 5.76 Å². The molecule has 0 aliphatic heterocycles. The van der Waals surface area contributed by atoms with Gasteiger partial charge in [-0.25, -0.2) is 4.79 Å². The Labute approximate surface area is 152 Å². The zero-order valence-electron chi connectivity index (χ0n) is 15.6. The number of hydrogen-bond acceptors (Lipinski definition) is 3. The van der Waals surface area contributed by atoms with Crippen LogP contribution < -0.4 is 11.1 Å². The Balaban J connectivity index is 1.93. The molecule has 0 saturated heterocycles. The third-order valence-corrected chi connectivity index (χ3v) is 4.51. The first-order chi connectivity index (χ1) is 12.4. The Morgan fingerprint density at radius 1 is 1.00 bits per heavy atom. The highest BCUT2D eigenvalue weighted by Crippen LogP contribution is 2.32. The molecule has 1 amide bonds. The van der Waals surface area contributed by atoms with Crippen molar-refractivity contribution in [3.05, 3.63) is 64.1 Å². The number of nitrogens with zero attached hydrogens (tertiary/aromatic N) is 1. The van der Waals surface area contributed by atoms with E-state index in [9.17, 15) is 9.59 Å². The molecule has 0 aliphatic carbocycles. The molecule has 0 aliphatic rings. The van der Waals surface area contributed by atoms with Crippen molar-refractivity contribution in [2.75, 3.05) is 5.32 Å². The number of anilines is 1. The lowest BCUT2D eigenvalue weighted by Gasteiger charge is -2.20.